The highest BCUT2D eigenvalue weighted by molar-refractivity contribution is 9.10. The molecule has 0 fully saturated rings. The van der Waals surface area contributed by atoms with Gasteiger partial charge in [0.05, 0.1) is 11.6 Å². The number of aryl methyl sites for hydroxylation is 1. The van der Waals surface area contributed by atoms with Crippen molar-refractivity contribution < 1.29 is 9.90 Å². The number of aliphatic carboxylic acids is 1. The lowest BCUT2D eigenvalue weighted by atomic mass is 10.0. The molecule has 1 aromatic heterocycles. The molecule has 0 amide bonds. The van der Waals surface area contributed by atoms with Crippen LogP contribution in [-0.4, -0.2) is 16.1 Å². The number of carboxylic acids is 1. The average molecular weight is 258 g/mol. The van der Waals surface area contributed by atoms with E-state index in [4.69, 9.17) is 5.11 Å². The van der Waals surface area contributed by atoms with Crippen LogP contribution in [0.3, 0.4) is 0 Å². The maximum absolute atomic E-state index is 10.9. The first-order chi connectivity index (χ1) is 6.56. The molecule has 3 nitrogen and oxygen atoms in total. The first-order valence-electron chi connectivity index (χ1n) is 4.41. The molecule has 0 aromatic carbocycles. The van der Waals surface area contributed by atoms with E-state index in [0.717, 1.165) is 10.0 Å². The minimum Gasteiger partial charge on any atom is -0.481 e. The van der Waals surface area contributed by atoms with Gasteiger partial charge in [0.1, 0.15) is 0 Å². The summed E-state index contributed by atoms with van der Waals surface area (Å²) in [4.78, 5) is 15.0. The molecule has 0 saturated heterocycles. The number of carbonyl (C=O) groups is 1. The van der Waals surface area contributed by atoms with Gasteiger partial charge in [-0.2, -0.15) is 0 Å². The summed E-state index contributed by atoms with van der Waals surface area (Å²) < 4.78 is 0.770. The molecule has 0 saturated carbocycles. The minimum absolute atomic E-state index is 0.523. The van der Waals surface area contributed by atoms with Crippen LogP contribution in [0.15, 0.2) is 16.7 Å². The maximum Gasteiger partial charge on any atom is 0.312 e. The third-order valence-electron chi connectivity index (χ3n) is 2.04. The third-order valence-corrected chi connectivity index (χ3v) is 2.68. The van der Waals surface area contributed by atoms with Crippen molar-refractivity contribution in [1.29, 1.82) is 0 Å². The molecule has 1 unspecified atom stereocenters. The second-order valence-corrected chi connectivity index (χ2v) is 4.03. The van der Waals surface area contributed by atoms with E-state index in [2.05, 4.69) is 20.9 Å². The molecule has 0 aliphatic heterocycles. The Morgan fingerprint density at radius 1 is 1.71 bits per heavy atom. The number of halogens is 1. The third kappa shape index (κ3) is 2.32. The van der Waals surface area contributed by atoms with E-state index in [0.29, 0.717) is 12.1 Å². The van der Waals surface area contributed by atoms with Crippen molar-refractivity contribution in [3.05, 3.63) is 28.0 Å². The molecule has 1 rings (SSSR count). The summed E-state index contributed by atoms with van der Waals surface area (Å²) in [6.07, 6.45) is 2.23. The Labute approximate surface area is 91.3 Å². The van der Waals surface area contributed by atoms with Gasteiger partial charge < -0.3 is 5.11 Å². The van der Waals surface area contributed by atoms with Crippen LogP contribution in [0.2, 0.25) is 0 Å². The van der Waals surface area contributed by atoms with E-state index in [1.807, 2.05) is 19.9 Å². The number of carboxylic acid groups (broad SMARTS) is 1. The van der Waals surface area contributed by atoms with E-state index in [-0.39, 0.29) is 0 Å². The molecule has 0 aliphatic carbocycles. The number of hydrogen-bond donors (Lipinski definition) is 1. The minimum atomic E-state index is -0.829. The predicted octanol–water partition coefficient (Wildman–Crippen LogP) is 2.73. The Kier molecular flexibility index (Phi) is 3.63. The second-order valence-electron chi connectivity index (χ2n) is 3.18. The monoisotopic (exact) mass is 257 g/mol. The Morgan fingerprint density at radius 3 is 2.79 bits per heavy atom. The molecule has 1 heterocycles. The van der Waals surface area contributed by atoms with Gasteiger partial charge >= 0.3 is 5.97 Å². The van der Waals surface area contributed by atoms with E-state index in [9.17, 15) is 4.79 Å². The number of hydrogen-bond acceptors (Lipinski definition) is 2. The van der Waals surface area contributed by atoms with Crippen LogP contribution in [0.1, 0.15) is 30.5 Å². The summed E-state index contributed by atoms with van der Waals surface area (Å²) in [5.74, 6) is -1.35. The molecular weight excluding hydrogens is 246 g/mol. The van der Waals surface area contributed by atoms with Gasteiger partial charge in [-0.05, 0) is 40.9 Å². The average Bonchev–Trinajstić information content (AvgIpc) is 2.09. The van der Waals surface area contributed by atoms with Crippen LogP contribution in [0.5, 0.6) is 0 Å². The van der Waals surface area contributed by atoms with Crippen molar-refractivity contribution in [2.45, 2.75) is 26.2 Å². The molecule has 1 atom stereocenters. The number of rotatable bonds is 3. The number of nitrogens with zero attached hydrogens (tertiary/aromatic N) is 1. The zero-order chi connectivity index (χ0) is 10.7. The van der Waals surface area contributed by atoms with Gasteiger partial charge in [0, 0.05) is 10.7 Å². The van der Waals surface area contributed by atoms with E-state index >= 15 is 0 Å². The van der Waals surface area contributed by atoms with Crippen molar-refractivity contribution in [2.75, 3.05) is 0 Å². The van der Waals surface area contributed by atoms with E-state index in [1.165, 1.54) is 0 Å². The molecule has 1 aromatic rings. The highest BCUT2D eigenvalue weighted by atomic mass is 79.9. The first-order valence-corrected chi connectivity index (χ1v) is 5.20. The van der Waals surface area contributed by atoms with Gasteiger partial charge in [0.25, 0.3) is 0 Å². The van der Waals surface area contributed by atoms with Crippen molar-refractivity contribution in [3.63, 3.8) is 0 Å². The van der Waals surface area contributed by atoms with Gasteiger partial charge in [0.15, 0.2) is 0 Å². The van der Waals surface area contributed by atoms with Crippen LogP contribution < -0.4 is 0 Å². The molecule has 0 spiro atoms. The number of pyridine rings is 1. The maximum atomic E-state index is 10.9. The summed E-state index contributed by atoms with van der Waals surface area (Å²) >= 11 is 3.33. The largest absolute Gasteiger partial charge is 0.481 e. The fourth-order valence-corrected chi connectivity index (χ4v) is 2.03. The van der Waals surface area contributed by atoms with Gasteiger partial charge in [-0.15, -0.1) is 0 Å². The standard InChI is InChI=1S/C10H12BrNO2/c1-3-7(10(13)14)9-8(11)4-6(2)5-12-9/h4-5,7H,3H2,1-2H3,(H,13,14). The quantitative estimate of drug-likeness (QED) is 0.906. The Morgan fingerprint density at radius 2 is 2.36 bits per heavy atom. The van der Waals surface area contributed by atoms with E-state index in [1.54, 1.807) is 6.20 Å². The van der Waals surface area contributed by atoms with Crippen LogP contribution in [0.25, 0.3) is 0 Å². The molecule has 0 radical (unpaired) electrons. The molecule has 4 heteroatoms. The molecule has 76 valence electrons. The van der Waals surface area contributed by atoms with Crippen molar-refractivity contribution in [2.24, 2.45) is 0 Å². The van der Waals surface area contributed by atoms with Gasteiger partial charge in [-0.3, -0.25) is 9.78 Å². The molecule has 14 heavy (non-hydrogen) atoms. The highest BCUT2D eigenvalue weighted by Crippen LogP contribution is 2.26. The zero-order valence-corrected chi connectivity index (χ0v) is 9.71. The van der Waals surface area contributed by atoms with Crippen LogP contribution in [0.4, 0.5) is 0 Å². The van der Waals surface area contributed by atoms with Gasteiger partial charge in [-0.1, -0.05) is 6.92 Å². The van der Waals surface area contributed by atoms with Crippen LogP contribution in [-0.2, 0) is 4.79 Å². The second kappa shape index (κ2) is 4.55. The summed E-state index contributed by atoms with van der Waals surface area (Å²) in [6, 6.07) is 1.88. The lowest BCUT2D eigenvalue weighted by Crippen LogP contribution is -2.12. The smallest absolute Gasteiger partial charge is 0.312 e. The van der Waals surface area contributed by atoms with Crippen LogP contribution in [0, 0.1) is 6.92 Å². The predicted molar refractivity (Wildman–Crippen MR) is 57.3 cm³/mol. The topological polar surface area (TPSA) is 50.2 Å². The Balaban J connectivity index is 3.10. The molecular formula is C10H12BrNO2. The normalized spacial score (nSPS) is 12.5. The lowest BCUT2D eigenvalue weighted by Gasteiger charge is -2.11. The Hall–Kier alpha value is -0.900. The summed E-state index contributed by atoms with van der Waals surface area (Å²) in [6.45, 7) is 3.76. The Bertz CT molecular complexity index is 352. The fourth-order valence-electron chi connectivity index (χ4n) is 1.29. The van der Waals surface area contributed by atoms with Crippen LogP contribution >= 0.6 is 15.9 Å². The fraction of sp³-hybridized carbons (Fsp3) is 0.400. The number of aromatic nitrogens is 1. The van der Waals surface area contributed by atoms with Crippen molar-refractivity contribution in [1.82, 2.24) is 4.98 Å². The molecule has 1 N–H and O–H groups in total. The summed E-state index contributed by atoms with van der Waals surface area (Å²) in [7, 11) is 0. The molecule has 0 aliphatic rings. The molecule has 0 bridgehead atoms. The van der Waals surface area contributed by atoms with E-state index < -0.39 is 11.9 Å². The zero-order valence-electron chi connectivity index (χ0n) is 8.12. The highest BCUT2D eigenvalue weighted by Gasteiger charge is 2.21. The van der Waals surface area contributed by atoms with Crippen molar-refractivity contribution in [3.8, 4) is 0 Å². The summed E-state index contributed by atoms with van der Waals surface area (Å²) in [5, 5.41) is 8.96. The first kappa shape index (κ1) is 11.2. The van der Waals surface area contributed by atoms with Gasteiger partial charge in [0.2, 0.25) is 0 Å². The summed E-state index contributed by atoms with van der Waals surface area (Å²) in [5.41, 5.74) is 1.62. The van der Waals surface area contributed by atoms with Gasteiger partial charge in [-0.25, -0.2) is 0 Å². The lowest BCUT2D eigenvalue weighted by molar-refractivity contribution is -0.139. The SMILES string of the molecule is CCC(C(=O)O)c1ncc(C)cc1Br. The van der Waals surface area contributed by atoms with Crippen molar-refractivity contribution >= 4 is 21.9 Å².